The summed E-state index contributed by atoms with van der Waals surface area (Å²) < 4.78 is 13.9. The molecule has 0 radical (unpaired) electrons. The van der Waals surface area contributed by atoms with E-state index in [1.54, 1.807) is 6.07 Å². The molecular weight excluding hydrogens is 299 g/mol. The average Bonchev–Trinajstić information content (AvgIpc) is 2.35. The van der Waals surface area contributed by atoms with Crippen LogP contribution in [0.2, 0.25) is 0 Å². The Morgan fingerprint density at radius 1 is 1.33 bits per heavy atom. The zero-order chi connectivity index (χ0) is 13.1. The standard InChI is InChI=1S/C13H16BrFN2O/c1-10-8-12(15)11(14)9-13(10)17-4-2-16(3-5-17)6-7-18/h7-9H,2-6H2,1H3. The molecule has 0 aromatic heterocycles. The first-order chi connectivity index (χ1) is 8.61. The van der Waals surface area contributed by atoms with E-state index in [2.05, 4.69) is 25.7 Å². The fraction of sp³-hybridized carbons (Fsp3) is 0.462. The molecule has 1 saturated heterocycles. The molecule has 98 valence electrons. The number of nitrogens with zero attached hydrogens (tertiary/aromatic N) is 2. The van der Waals surface area contributed by atoms with Crippen LogP contribution in [0, 0.1) is 12.7 Å². The maximum atomic E-state index is 13.4. The summed E-state index contributed by atoms with van der Waals surface area (Å²) in [6.07, 6.45) is 0.940. The van der Waals surface area contributed by atoms with Crippen LogP contribution in [0.1, 0.15) is 5.56 Å². The number of carbonyl (C=O) groups excluding carboxylic acids is 1. The van der Waals surface area contributed by atoms with Gasteiger partial charge in [-0.1, -0.05) is 0 Å². The molecule has 1 aromatic carbocycles. The van der Waals surface area contributed by atoms with Gasteiger partial charge in [0.05, 0.1) is 11.0 Å². The van der Waals surface area contributed by atoms with Crippen molar-refractivity contribution in [3.05, 3.63) is 28.0 Å². The first-order valence-corrected chi connectivity index (χ1v) is 6.77. The number of hydrogen-bond acceptors (Lipinski definition) is 3. The zero-order valence-corrected chi connectivity index (χ0v) is 11.9. The Bertz CT molecular complexity index is 445. The number of hydrogen-bond donors (Lipinski definition) is 0. The van der Waals surface area contributed by atoms with Gasteiger partial charge in [0.2, 0.25) is 0 Å². The molecule has 3 nitrogen and oxygen atoms in total. The van der Waals surface area contributed by atoms with Crippen LogP contribution in [0.15, 0.2) is 16.6 Å². The van der Waals surface area contributed by atoms with E-state index in [1.165, 1.54) is 0 Å². The minimum Gasteiger partial charge on any atom is -0.369 e. The smallest absolute Gasteiger partial charge is 0.137 e. The topological polar surface area (TPSA) is 23.6 Å². The van der Waals surface area contributed by atoms with Gasteiger partial charge in [-0.05, 0) is 40.5 Å². The fourth-order valence-electron chi connectivity index (χ4n) is 2.25. The highest BCUT2D eigenvalue weighted by Crippen LogP contribution is 2.27. The maximum absolute atomic E-state index is 13.4. The van der Waals surface area contributed by atoms with Crippen molar-refractivity contribution in [1.82, 2.24) is 4.90 Å². The molecule has 1 heterocycles. The Morgan fingerprint density at radius 3 is 2.61 bits per heavy atom. The number of anilines is 1. The highest BCUT2D eigenvalue weighted by molar-refractivity contribution is 9.10. The minimum atomic E-state index is -0.226. The van der Waals surface area contributed by atoms with E-state index in [9.17, 15) is 9.18 Å². The summed E-state index contributed by atoms with van der Waals surface area (Å²) in [5.74, 6) is -0.226. The van der Waals surface area contributed by atoms with Crippen molar-refractivity contribution < 1.29 is 9.18 Å². The van der Waals surface area contributed by atoms with Crippen LogP contribution in [0.5, 0.6) is 0 Å². The van der Waals surface area contributed by atoms with Crippen molar-refractivity contribution in [2.75, 3.05) is 37.6 Å². The molecule has 0 aliphatic carbocycles. The monoisotopic (exact) mass is 314 g/mol. The minimum absolute atomic E-state index is 0.226. The van der Waals surface area contributed by atoms with Crippen LogP contribution in [-0.2, 0) is 4.79 Å². The van der Waals surface area contributed by atoms with E-state index in [0.717, 1.165) is 43.7 Å². The van der Waals surface area contributed by atoms with Gasteiger partial charge in [0, 0.05) is 31.9 Å². The lowest BCUT2D eigenvalue weighted by molar-refractivity contribution is -0.108. The second kappa shape index (κ2) is 5.80. The van der Waals surface area contributed by atoms with E-state index < -0.39 is 0 Å². The van der Waals surface area contributed by atoms with Gasteiger partial charge in [-0.2, -0.15) is 0 Å². The van der Waals surface area contributed by atoms with Crippen LogP contribution in [0.25, 0.3) is 0 Å². The lowest BCUT2D eigenvalue weighted by Crippen LogP contribution is -2.47. The van der Waals surface area contributed by atoms with Gasteiger partial charge >= 0.3 is 0 Å². The molecule has 1 aromatic rings. The molecular formula is C13H16BrFN2O. The van der Waals surface area contributed by atoms with Crippen molar-refractivity contribution in [1.29, 1.82) is 0 Å². The summed E-state index contributed by atoms with van der Waals surface area (Å²) in [5.41, 5.74) is 2.01. The molecule has 1 fully saturated rings. The predicted octanol–water partition coefficient (Wildman–Crippen LogP) is 2.22. The van der Waals surface area contributed by atoms with Crippen molar-refractivity contribution in [3.8, 4) is 0 Å². The van der Waals surface area contributed by atoms with Gasteiger partial charge in [-0.3, -0.25) is 4.90 Å². The Kier molecular flexibility index (Phi) is 4.35. The van der Waals surface area contributed by atoms with Gasteiger partial charge in [0.15, 0.2) is 0 Å². The molecule has 0 spiro atoms. The third-order valence-electron chi connectivity index (χ3n) is 3.28. The lowest BCUT2D eigenvalue weighted by Gasteiger charge is -2.36. The summed E-state index contributed by atoms with van der Waals surface area (Å²) in [7, 11) is 0. The van der Waals surface area contributed by atoms with Gasteiger partial charge in [0.1, 0.15) is 12.1 Å². The summed E-state index contributed by atoms with van der Waals surface area (Å²) in [5, 5.41) is 0. The van der Waals surface area contributed by atoms with Crippen LogP contribution >= 0.6 is 15.9 Å². The van der Waals surface area contributed by atoms with Gasteiger partial charge < -0.3 is 9.69 Å². The van der Waals surface area contributed by atoms with Gasteiger partial charge in [-0.15, -0.1) is 0 Å². The number of benzene rings is 1. The number of carbonyl (C=O) groups is 1. The van der Waals surface area contributed by atoms with E-state index in [4.69, 9.17) is 0 Å². The van der Waals surface area contributed by atoms with E-state index in [-0.39, 0.29) is 5.82 Å². The first-order valence-electron chi connectivity index (χ1n) is 5.98. The summed E-state index contributed by atoms with van der Waals surface area (Å²) >= 11 is 3.23. The SMILES string of the molecule is Cc1cc(F)c(Br)cc1N1CCN(CC=O)CC1. The molecule has 0 amide bonds. The Balaban J connectivity index is 2.10. The van der Waals surface area contributed by atoms with Gasteiger partial charge in [-0.25, -0.2) is 4.39 Å². The Morgan fingerprint density at radius 2 is 2.00 bits per heavy atom. The molecule has 1 aliphatic heterocycles. The Labute approximate surface area is 115 Å². The zero-order valence-electron chi connectivity index (χ0n) is 10.3. The molecule has 0 unspecified atom stereocenters. The molecule has 0 atom stereocenters. The van der Waals surface area contributed by atoms with Gasteiger partial charge in [0.25, 0.3) is 0 Å². The number of aldehydes is 1. The molecule has 0 bridgehead atoms. The van der Waals surface area contributed by atoms with Crippen molar-refractivity contribution in [3.63, 3.8) is 0 Å². The molecule has 5 heteroatoms. The average molecular weight is 315 g/mol. The normalized spacial score (nSPS) is 16.9. The quantitative estimate of drug-likeness (QED) is 0.799. The van der Waals surface area contributed by atoms with Crippen molar-refractivity contribution in [2.24, 2.45) is 0 Å². The first kappa shape index (κ1) is 13.5. The highest BCUT2D eigenvalue weighted by atomic mass is 79.9. The second-order valence-electron chi connectivity index (χ2n) is 4.51. The maximum Gasteiger partial charge on any atom is 0.137 e. The summed E-state index contributed by atoms with van der Waals surface area (Å²) in [6, 6.07) is 3.39. The lowest BCUT2D eigenvalue weighted by atomic mass is 10.1. The number of piperazine rings is 1. The molecule has 0 N–H and O–H groups in total. The van der Waals surface area contributed by atoms with E-state index in [0.29, 0.717) is 11.0 Å². The predicted molar refractivity (Wildman–Crippen MR) is 73.6 cm³/mol. The second-order valence-corrected chi connectivity index (χ2v) is 5.36. The highest BCUT2D eigenvalue weighted by Gasteiger charge is 2.18. The fourth-order valence-corrected chi connectivity index (χ4v) is 2.58. The largest absolute Gasteiger partial charge is 0.369 e. The molecule has 2 rings (SSSR count). The summed E-state index contributed by atoms with van der Waals surface area (Å²) in [6.45, 7) is 5.89. The Hall–Kier alpha value is -0.940. The van der Waals surface area contributed by atoms with Crippen LogP contribution < -0.4 is 4.90 Å². The molecule has 1 aliphatic rings. The van der Waals surface area contributed by atoms with E-state index >= 15 is 0 Å². The number of aryl methyl sites for hydroxylation is 1. The van der Waals surface area contributed by atoms with Crippen LogP contribution in [0.3, 0.4) is 0 Å². The van der Waals surface area contributed by atoms with E-state index in [1.807, 2.05) is 13.0 Å². The van der Waals surface area contributed by atoms with Crippen molar-refractivity contribution in [2.45, 2.75) is 6.92 Å². The van der Waals surface area contributed by atoms with Crippen LogP contribution in [-0.4, -0.2) is 43.9 Å². The van der Waals surface area contributed by atoms with Crippen LogP contribution in [0.4, 0.5) is 10.1 Å². The summed E-state index contributed by atoms with van der Waals surface area (Å²) in [4.78, 5) is 14.8. The third kappa shape index (κ3) is 2.90. The molecule has 18 heavy (non-hydrogen) atoms. The van der Waals surface area contributed by atoms with Crippen molar-refractivity contribution >= 4 is 27.9 Å². The number of halogens is 2. The third-order valence-corrected chi connectivity index (χ3v) is 3.89. The molecule has 0 saturated carbocycles. The number of rotatable bonds is 3.